The number of fused-ring (bicyclic) bond motifs is 7. The topological polar surface area (TPSA) is 51.8 Å². The molecule has 0 N–H and O–H groups in total. The van der Waals surface area contributed by atoms with Crippen LogP contribution >= 0.6 is 0 Å². The van der Waals surface area contributed by atoms with E-state index in [0.29, 0.717) is 17.5 Å². The van der Waals surface area contributed by atoms with Crippen LogP contribution in [0.3, 0.4) is 0 Å². The minimum Gasteiger partial charge on any atom is -0.455 e. The zero-order chi connectivity index (χ0) is 36.3. The highest BCUT2D eigenvalue weighted by Crippen LogP contribution is 2.42. The van der Waals surface area contributed by atoms with Gasteiger partial charge in [-0.25, -0.2) is 15.0 Å². The Hall–Kier alpha value is -7.43. The molecule has 2 aromatic heterocycles. The summed E-state index contributed by atoms with van der Waals surface area (Å²) >= 11 is 0. The average Bonchev–Trinajstić information content (AvgIpc) is 3.65. The van der Waals surface area contributed by atoms with Crippen molar-refractivity contribution in [1.82, 2.24) is 15.0 Å². The molecule has 0 aliphatic rings. The largest absolute Gasteiger partial charge is 0.455 e. The first-order valence-electron chi connectivity index (χ1n) is 18.5. The molecule has 0 saturated carbocycles. The van der Waals surface area contributed by atoms with Crippen molar-refractivity contribution in [3.05, 3.63) is 188 Å². The van der Waals surface area contributed by atoms with Crippen LogP contribution in [0.15, 0.2) is 192 Å². The Balaban J connectivity index is 1.11. The quantitative estimate of drug-likeness (QED) is 0.179. The average molecular weight is 702 g/mol. The molecular weight excluding hydrogens is 671 g/mol. The summed E-state index contributed by atoms with van der Waals surface area (Å²) in [4.78, 5) is 15.4. The van der Waals surface area contributed by atoms with Gasteiger partial charge < -0.3 is 4.42 Å². The van der Waals surface area contributed by atoms with Gasteiger partial charge in [0.1, 0.15) is 11.2 Å². The summed E-state index contributed by atoms with van der Waals surface area (Å²) in [5.41, 5.74) is 9.07. The monoisotopic (exact) mass is 701 g/mol. The summed E-state index contributed by atoms with van der Waals surface area (Å²) in [5, 5.41) is 9.01. The van der Waals surface area contributed by atoms with E-state index in [-0.39, 0.29) is 0 Å². The first-order chi connectivity index (χ1) is 27.2. The third kappa shape index (κ3) is 5.43. The van der Waals surface area contributed by atoms with E-state index in [1.165, 1.54) is 16.3 Å². The minimum atomic E-state index is 0.619. The highest BCUT2D eigenvalue weighted by atomic mass is 16.3. The summed E-state index contributed by atoms with van der Waals surface area (Å²) in [6.45, 7) is 0. The lowest BCUT2D eigenvalue weighted by atomic mass is 9.92. The number of hydrogen-bond acceptors (Lipinski definition) is 4. The third-order valence-electron chi connectivity index (χ3n) is 10.7. The number of para-hydroxylation sites is 1. The first-order valence-corrected chi connectivity index (χ1v) is 18.5. The van der Waals surface area contributed by atoms with Crippen LogP contribution < -0.4 is 0 Å². The zero-order valence-corrected chi connectivity index (χ0v) is 29.6. The van der Waals surface area contributed by atoms with Crippen LogP contribution in [-0.2, 0) is 0 Å². The highest BCUT2D eigenvalue weighted by molar-refractivity contribution is 6.19. The van der Waals surface area contributed by atoms with Crippen molar-refractivity contribution in [1.29, 1.82) is 0 Å². The molecule has 0 aliphatic heterocycles. The first kappa shape index (κ1) is 31.1. The Bertz CT molecular complexity index is 3180. The molecular formula is C51H31N3O. The van der Waals surface area contributed by atoms with E-state index >= 15 is 0 Å². The van der Waals surface area contributed by atoms with E-state index in [4.69, 9.17) is 19.4 Å². The SMILES string of the molecule is c1ccc(-c2ccc3c(-c4cccc(-c5nc(-c6ccc7ccccc7c6)nc(-c6ccc7ccccc7c6)n5)c4)cc4c5ccccc5oc4c3c2)cc1. The Morgan fingerprint density at radius 3 is 1.51 bits per heavy atom. The van der Waals surface area contributed by atoms with E-state index in [0.717, 1.165) is 76.9 Å². The molecule has 0 radical (unpaired) electrons. The lowest BCUT2D eigenvalue weighted by Gasteiger charge is -2.13. The van der Waals surface area contributed by atoms with Gasteiger partial charge >= 0.3 is 0 Å². The predicted octanol–water partition coefficient (Wildman–Crippen LogP) is 13.6. The van der Waals surface area contributed by atoms with Gasteiger partial charge in [0, 0.05) is 32.8 Å². The summed E-state index contributed by atoms with van der Waals surface area (Å²) in [7, 11) is 0. The summed E-state index contributed by atoms with van der Waals surface area (Å²) in [5.74, 6) is 1.89. The maximum Gasteiger partial charge on any atom is 0.164 e. The van der Waals surface area contributed by atoms with Crippen LogP contribution in [0.2, 0.25) is 0 Å². The third-order valence-corrected chi connectivity index (χ3v) is 10.7. The number of hydrogen-bond donors (Lipinski definition) is 0. The molecule has 2 heterocycles. The molecule has 0 spiro atoms. The second-order valence-electron chi connectivity index (χ2n) is 14.0. The summed E-state index contributed by atoms with van der Waals surface area (Å²) in [6, 6.07) is 65.9. The Morgan fingerprint density at radius 2 is 0.818 bits per heavy atom. The molecule has 55 heavy (non-hydrogen) atoms. The number of furan rings is 1. The van der Waals surface area contributed by atoms with E-state index in [1.807, 2.05) is 12.1 Å². The fourth-order valence-corrected chi connectivity index (χ4v) is 7.89. The molecule has 0 unspecified atom stereocenters. The molecule has 11 aromatic rings. The molecule has 256 valence electrons. The van der Waals surface area contributed by atoms with Gasteiger partial charge in [-0.3, -0.25) is 0 Å². The van der Waals surface area contributed by atoms with Gasteiger partial charge in [-0.15, -0.1) is 0 Å². The number of nitrogens with zero attached hydrogens (tertiary/aromatic N) is 3. The van der Waals surface area contributed by atoms with Crippen molar-refractivity contribution < 1.29 is 4.42 Å². The molecule has 0 aliphatic carbocycles. The summed E-state index contributed by atoms with van der Waals surface area (Å²) in [6.07, 6.45) is 0. The van der Waals surface area contributed by atoms with E-state index in [9.17, 15) is 0 Å². The zero-order valence-electron chi connectivity index (χ0n) is 29.6. The van der Waals surface area contributed by atoms with Gasteiger partial charge in [-0.2, -0.15) is 0 Å². The fourth-order valence-electron chi connectivity index (χ4n) is 7.89. The lowest BCUT2D eigenvalue weighted by Crippen LogP contribution is -2.00. The van der Waals surface area contributed by atoms with Gasteiger partial charge in [-0.05, 0) is 85.6 Å². The minimum absolute atomic E-state index is 0.619. The van der Waals surface area contributed by atoms with Crippen molar-refractivity contribution in [2.24, 2.45) is 0 Å². The maximum absolute atomic E-state index is 6.58. The van der Waals surface area contributed by atoms with Gasteiger partial charge in [0.25, 0.3) is 0 Å². The van der Waals surface area contributed by atoms with Crippen LogP contribution in [0.4, 0.5) is 0 Å². The van der Waals surface area contributed by atoms with Crippen molar-refractivity contribution in [2.45, 2.75) is 0 Å². The molecule has 0 fully saturated rings. The van der Waals surface area contributed by atoms with Crippen LogP contribution in [0.1, 0.15) is 0 Å². The van der Waals surface area contributed by atoms with Crippen molar-refractivity contribution in [2.75, 3.05) is 0 Å². The van der Waals surface area contributed by atoms with Gasteiger partial charge in [-0.1, -0.05) is 152 Å². The van der Waals surface area contributed by atoms with E-state index < -0.39 is 0 Å². The Morgan fingerprint density at radius 1 is 0.291 bits per heavy atom. The maximum atomic E-state index is 6.58. The number of benzene rings is 9. The van der Waals surface area contributed by atoms with Crippen molar-refractivity contribution in [3.8, 4) is 56.4 Å². The smallest absolute Gasteiger partial charge is 0.164 e. The van der Waals surface area contributed by atoms with Gasteiger partial charge in [0.05, 0.1) is 0 Å². The highest BCUT2D eigenvalue weighted by Gasteiger charge is 2.18. The second kappa shape index (κ2) is 12.6. The Kier molecular flexibility index (Phi) is 7.14. The lowest BCUT2D eigenvalue weighted by molar-refractivity contribution is 0.672. The van der Waals surface area contributed by atoms with Crippen molar-refractivity contribution in [3.63, 3.8) is 0 Å². The fraction of sp³-hybridized carbons (Fsp3) is 0. The Labute approximate surface area is 317 Å². The van der Waals surface area contributed by atoms with Crippen LogP contribution in [0.25, 0.3) is 111 Å². The van der Waals surface area contributed by atoms with Crippen LogP contribution in [0.5, 0.6) is 0 Å². The van der Waals surface area contributed by atoms with E-state index in [1.54, 1.807) is 0 Å². The molecule has 0 amide bonds. The van der Waals surface area contributed by atoms with Gasteiger partial charge in [0.15, 0.2) is 17.5 Å². The number of aromatic nitrogens is 3. The normalized spacial score (nSPS) is 11.6. The second-order valence-corrected chi connectivity index (χ2v) is 14.0. The van der Waals surface area contributed by atoms with Gasteiger partial charge in [0.2, 0.25) is 0 Å². The molecule has 0 bridgehead atoms. The molecule has 4 heteroatoms. The molecule has 9 aromatic carbocycles. The molecule has 11 rings (SSSR count). The molecule has 0 saturated heterocycles. The summed E-state index contributed by atoms with van der Waals surface area (Å²) < 4.78 is 6.58. The van der Waals surface area contributed by atoms with Crippen molar-refractivity contribution >= 4 is 54.3 Å². The standard InChI is InChI=1S/C51H31N3O/c1-2-11-32(12-3-1)37-25-26-42-44(31-46-43-19-8-9-20-47(43)55-48(46)45(42)30-37)38-17-10-18-39(29-38)49-52-50(40-23-21-33-13-4-6-15-35(33)27-40)54-51(53-49)41-24-22-34-14-5-7-16-36(34)28-41/h1-31H. The van der Waals surface area contributed by atoms with Crippen LogP contribution in [0, 0.1) is 0 Å². The van der Waals surface area contributed by atoms with E-state index in [2.05, 4.69) is 176 Å². The molecule has 0 atom stereocenters. The number of rotatable bonds is 5. The van der Waals surface area contributed by atoms with Crippen LogP contribution in [-0.4, -0.2) is 15.0 Å². The molecule has 4 nitrogen and oxygen atoms in total. The predicted molar refractivity (Wildman–Crippen MR) is 227 cm³/mol.